The first-order valence-electron chi connectivity index (χ1n) is 6.71. The maximum Gasteiger partial charge on any atom is 0.171 e. The van der Waals surface area contributed by atoms with Gasteiger partial charge in [0.1, 0.15) is 0 Å². The minimum absolute atomic E-state index is 0.300. The molecule has 0 radical (unpaired) electrons. The number of benzene rings is 1. The van der Waals surface area contributed by atoms with Crippen molar-refractivity contribution in [2.45, 2.75) is 45.2 Å². The molecule has 100 valence electrons. The molecule has 0 saturated carbocycles. The molecule has 0 spiro atoms. The van der Waals surface area contributed by atoms with Crippen LogP contribution in [0.2, 0.25) is 0 Å². The molecule has 0 aromatic heterocycles. The van der Waals surface area contributed by atoms with Crippen LogP contribution in [0.25, 0.3) is 0 Å². The van der Waals surface area contributed by atoms with Crippen molar-refractivity contribution in [3.63, 3.8) is 0 Å². The lowest BCUT2D eigenvalue weighted by atomic mass is 9.86. The zero-order valence-corrected chi connectivity index (χ0v) is 11.3. The summed E-state index contributed by atoms with van der Waals surface area (Å²) < 4.78 is 11.8. The summed E-state index contributed by atoms with van der Waals surface area (Å²) in [5.74, 6) is -0.0116. The van der Waals surface area contributed by atoms with E-state index in [1.54, 1.807) is 0 Å². The smallest absolute Gasteiger partial charge is 0.171 e. The van der Waals surface area contributed by atoms with Gasteiger partial charge < -0.3 is 15.2 Å². The van der Waals surface area contributed by atoms with E-state index >= 15 is 0 Å². The topological polar surface area (TPSA) is 44.5 Å². The first kappa shape index (κ1) is 13.5. The summed E-state index contributed by atoms with van der Waals surface area (Å²) in [6.45, 7) is 5.55. The van der Waals surface area contributed by atoms with Crippen molar-refractivity contribution in [3.05, 3.63) is 35.9 Å². The Morgan fingerprint density at radius 1 is 1.33 bits per heavy atom. The van der Waals surface area contributed by atoms with E-state index in [2.05, 4.69) is 19.1 Å². The number of hydrogen-bond acceptors (Lipinski definition) is 3. The van der Waals surface area contributed by atoms with Crippen LogP contribution in [0.3, 0.4) is 0 Å². The average Bonchev–Trinajstić information content (AvgIpc) is 2.42. The minimum atomic E-state index is -0.435. The molecular formula is C15H23NO2. The lowest BCUT2D eigenvalue weighted by molar-refractivity contribution is -0.375. The second-order valence-corrected chi connectivity index (χ2v) is 5.17. The Morgan fingerprint density at radius 3 is 2.67 bits per heavy atom. The predicted molar refractivity (Wildman–Crippen MR) is 72.0 cm³/mol. The van der Waals surface area contributed by atoms with Crippen LogP contribution in [0.15, 0.2) is 30.3 Å². The maximum atomic E-state index is 5.92. The molecule has 3 atom stereocenters. The lowest BCUT2D eigenvalue weighted by Gasteiger charge is -2.51. The molecule has 0 bridgehead atoms. The molecule has 2 rings (SSSR count). The highest BCUT2D eigenvalue weighted by atomic mass is 16.7. The fourth-order valence-corrected chi connectivity index (χ4v) is 2.37. The molecule has 3 heteroatoms. The Hall–Kier alpha value is -0.900. The summed E-state index contributed by atoms with van der Waals surface area (Å²) in [5.41, 5.74) is 6.70. The Morgan fingerprint density at radius 2 is 2.06 bits per heavy atom. The van der Waals surface area contributed by atoms with Crippen LogP contribution in [-0.2, 0) is 16.1 Å². The molecule has 18 heavy (non-hydrogen) atoms. The van der Waals surface area contributed by atoms with Crippen LogP contribution in [0, 0.1) is 5.92 Å². The van der Waals surface area contributed by atoms with E-state index in [9.17, 15) is 0 Å². The van der Waals surface area contributed by atoms with Gasteiger partial charge in [-0.1, -0.05) is 37.3 Å². The van der Waals surface area contributed by atoms with E-state index in [4.69, 9.17) is 15.2 Å². The van der Waals surface area contributed by atoms with E-state index in [1.165, 1.54) is 5.56 Å². The predicted octanol–water partition coefficient (Wildman–Crippen LogP) is 2.69. The monoisotopic (exact) mass is 249 g/mol. The third-order valence-electron chi connectivity index (χ3n) is 3.83. The molecule has 1 aliphatic heterocycles. The Bertz CT molecular complexity index is 368. The molecule has 1 heterocycles. The third-order valence-corrected chi connectivity index (χ3v) is 3.83. The fourth-order valence-electron chi connectivity index (χ4n) is 2.37. The average molecular weight is 249 g/mol. The van der Waals surface area contributed by atoms with Crippen molar-refractivity contribution >= 4 is 0 Å². The molecule has 1 saturated heterocycles. The number of rotatable bonds is 6. The largest absolute Gasteiger partial charge is 0.346 e. The molecule has 3 nitrogen and oxygen atoms in total. The molecule has 1 aromatic carbocycles. The van der Waals surface area contributed by atoms with Gasteiger partial charge in [-0.25, -0.2) is 0 Å². The summed E-state index contributed by atoms with van der Waals surface area (Å²) in [6.07, 6.45) is 2.35. The number of nitrogens with two attached hydrogens (primary N) is 1. The van der Waals surface area contributed by atoms with Gasteiger partial charge in [0.2, 0.25) is 0 Å². The van der Waals surface area contributed by atoms with E-state index in [0.29, 0.717) is 18.6 Å². The van der Waals surface area contributed by atoms with Gasteiger partial charge in [0.15, 0.2) is 5.79 Å². The van der Waals surface area contributed by atoms with Gasteiger partial charge in [-0.15, -0.1) is 0 Å². The van der Waals surface area contributed by atoms with E-state index < -0.39 is 5.79 Å². The third kappa shape index (κ3) is 2.91. The van der Waals surface area contributed by atoms with Crippen LogP contribution in [0.4, 0.5) is 0 Å². The second-order valence-electron chi connectivity index (χ2n) is 5.17. The maximum absolute atomic E-state index is 5.92. The van der Waals surface area contributed by atoms with Gasteiger partial charge in [0, 0.05) is 5.92 Å². The van der Waals surface area contributed by atoms with E-state index in [-0.39, 0.29) is 0 Å². The normalized spacial score (nSPS) is 31.1. The van der Waals surface area contributed by atoms with Gasteiger partial charge in [-0.2, -0.15) is 0 Å². The van der Waals surface area contributed by atoms with Crippen molar-refractivity contribution in [2.24, 2.45) is 11.7 Å². The number of ether oxygens (including phenoxy) is 2. The Labute approximate surface area is 109 Å². The highest BCUT2D eigenvalue weighted by molar-refractivity contribution is 5.13. The standard InChI is InChI=1S/C15H23NO2/c1-12-14(9-6-10-16)18-15(12,2)17-11-13-7-4-3-5-8-13/h3-5,7-8,12,14H,6,9-11,16H2,1-2H3. The lowest BCUT2D eigenvalue weighted by Crippen LogP contribution is -2.58. The summed E-state index contributed by atoms with van der Waals surface area (Å²) in [5, 5.41) is 0. The van der Waals surface area contributed by atoms with Gasteiger partial charge in [0.05, 0.1) is 12.7 Å². The van der Waals surface area contributed by atoms with E-state index in [1.807, 2.05) is 25.1 Å². The van der Waals surface area contributed by atoms with Crippen molar-refractivity contribution < 1.29 is 9.47 Å². The molecule has 0 amide bonds. The van der Waals surface area contributed by atoms with Gasteiger partial charge in [-0.05, 0) is 31.9 Å². The molecule has 1 aliphatic rings. The molecule has 3 unspecified atom stereocenters. The zero-order chi connectivity index (χ0) is 13.0. The van der Waals surface area contributed by atoms with Crippen molar-refractivity contribution in [2.75, 3.05) is 6.54 Å². The summed E-state index contributed by atoms with van der Waals surface area (Å²) >= 11 is 0. The molecule has 1 fully saturated rings. The first-order valence-corrected chi connectivity index (χ1v) is 6.71. The Kier molecular flexibility index (Phi) is 4.38. The summed E-state index contributed by atoms with van der Waals surface area (Å²) in [6, 6.07) is 10.2. The molecule has 2 N–H and O–H groups in total. The van der Waals surface area contributed by atoms with Crippen LogP contribution < -0.4 is 5.73 Å². The molecule has 1 aromatic rings. The molecular weight excluding hydrogens is 226 g/mol. The van der Waals surface area contributed by atoms with Crippen LogP contribution in [-0.4, -0.2) is 18.4 Å². The Balaban J connectivity index is 1.80. The van der Waals surface area contributed by atoms with Crippen LogP contribution >= 0.6 is 0 Å². The highest BCUT2D eigenvalue weighted by Gasteiger charge is 2.49. The van der Waals surface area contributed by atoms with Gasteiger partial charge in [0.25, 0.3) is 0 Å². The van der Waals surface area contributed by atoms with E-state index in [0.717, 1.165) is 19.4 Å². The van der Waals surface area contributed by atoms with Crippen molar-refractivity contribution in [1.82, 2.24) is 0 Å². The van der Waals surface area contributed by atoms with Crippen LogP contribution in [0.1, 0.15) is 32.3 Å². The molecule has 0 aliphatic carbocycles. The van der Waals surface area contributed by atoms with Crippen LogP contribution in [0.5, 0.6) is 0 Å². The fraction of sp³-hybridized carbons (Fsp3) is 0.600. The summed E-state index contributed by atoms with van der Waals surface area (Å²) in [4.78, 5) is 0. The van der Waals surface area contributed by atoms with Gasteiger partial charge in [-0.3, -0.25) is 0 Å². The van der Waals surface area contributed by atoms with Crippen molar-refractivity contribution in [3.8, 4) is 0 Å². The first-order chi connectivity index (χ1) is 8.65. The second kappa shape index (κ2) is 5.83. The highest BCUT2D eigenvalue weighted by Crippen LogP contribution is 2.42. The zero-order valence-electron chi connectivity index (χ0n) is 11.3. The SMILES string of the molecule is CC1C(CCCN)OC1(C)OCc1ccccc1. The van der Waals surface area contributed by atoms with Crippen molar-refractivity contribution in [1.29, 1.82) is 0 Å². The quantitative estimate of drug-likeness (QED) is 0.843. The minimum Gasteiger partial charge on any atom is -0.346 e. The number of hydrogen-bond donors (Lipinski definition) is 1. The van der Waals surface area contributed by atoms with Gasteiger partial charge >= 0.3 is 0 Å². The summed E-state index contributed by atoms with van der Waals surface area (Å²) in [7, 11) is 0.